The predicted octanol–water partition coefficient (Wildman–Crippen LogP) is 4.88. The highest BCUT2D eigenvalue weighted by atomic mass is 35.5. The molecule has 3 rings (SSSR count). The third-order valence-corrected chi connectivity index (χ3v) is 5.88. The Hall–Kier alpha value is -3.13. The van der Waals surface area contributed by atoms with Crippen LogP contribution in [0.2, 0.25) is 5.02 Å². The molecule has 8 nitrogen and oxygen atoms in total. The number of hydrogen-bond donors (Lipinski definition) is 2. The van der Waals surface area contributed by atoms with E-state index in [2.05, 4.69) is 22.5 Å². The largest absolute Gasteiger partial charge is 0.371 e. The lowest BCUT2D eigenvalue weighted by Gasteiger charge is -2.33. The molecule has 0 radical (unpaired) electrons. The van der Waals surface area contributed by atoms with E-state index in [9.17, 15) is 19.7 Å². The Morgan fingerprint density at radius 2 is 1.84 bits per heavy atom. The first-order chi connectivity index (χ1) is 15.3. The summed E-state index contributed by atoms with van der Waals surface area (Å²) < 4.78 is 0. The summed E-state index contributed by atoms with van der Waals surface area (Å²) in [5.74, 6) is -0.145. The summed E-state index contributed by atoms with van der Waals surface area (Å²) in [6.07, 6.45) is 2.80. The molecule has 1 heterocycles. The van der Waals surface area contributed by atoms with E-state index in [1.54, 1.807) is 18.2 Å². The van der Waals surface area contributed by atoms with Crippen molar-refractivity contribution in [2.24, 2.45) is 5.92 Å². The Morgan fingerprint density at radius 1 is 1.12 bits per heavy atom. The lowest BCUT2D eigenvalue weighted by molar-refractivity contribution is -0.384. The minimum Gasteiger partial charge on any atom is -0.371 e. The second kappa shape index (κ2) is 10.5. The predicted molar refractivity (Wildman–Crippen MR) is 126 cm³/mol. The van der Waals surface area contributed by atoms with Crippen LogP contribution in [0.15, 0.2) is 36.4 Å². The van der Waals surface area contributed by atoms with Gasteiger partial charge in [0.1, 0.15) is 0 Å². The number of halogens is 1. The molecule has 2 N–H and O–H groups in total. The number of anilines is 2. The van der Waals surface area contributed by atoms with Gasteiger partial charge in [-0.2, -0.15) is 0 Å². The second-order valence-corrected chi connectivity index (χ2v) is 8.44. The summed E-state index contributed by atoms with van der Waals surface area (Å²) in [7, 11) is 0. The van der Waals surface area contributed by atoms with Crippen LogP contribution in [0.4, 0.5) is 17.1 Å². The smallest absolute Gasteiger partial charge is 0.270 e. The molecule has 0 atom stereocenters. The van der Waals surface area contributed by atoms with Gasteiger partial charge in [-0.15, -0.1) is 0 Å². The number of nitro groups is 1. The molecule has 2 aromatic rings. The van der Waals surface area contributed by atoms with E-state index in [1.807, 2.05) is 6.92 Å². The van der Waals surface area contributed by atoms with Crippen LogP contribution in [-0.4, -0.2) is 36.4 Å². The van der Waals surface area contributed by atoms with E-state index in [-0.39, 0.29) is 22.2 Å². The lowest BCUT2D eigenvalue weighted by atomic mass is 9.98. The summed E-state index contributed by atoms with van der Waals surface area (Å²) in [4.78, 5) is 38.1. The maximum Gasteiger partial charge on any atom is 0.270 e. The van der Waals surface area contributed by atoms with Crippen molar-refractivity contribution in [3.8, 4) is 0 Å². The number of rotatable bonds is 7. The number of hydrogen-bond acceptors (Lipinski definition) is 5. The quantitative estimate of drug-likeness (QED) is 0.454. The van der Waals surface area contributed by atoms with Crippen molar-refractivity contribution >= 4 is 40.5 Å². The first kappa shape index (κ1) is 23.5. The zero-order valence-corrected chi connectivity index (χ0v) is 18.9. The van der Waals surface area contributed by atoms with Gasteiger partial charge < -0.3 is 15.5 Å². The lowest BCUT2D eigenvalue weighted by Crippen LogP contribution is -2.34. The molecule has 2 aromatic carbocycles. The van der Waals surface area contributed by atoms with Crippen LogP contribution >= 0.6 is 11.6 Å². The zero-order chi connectivity index (χ0) is 23.3. The number of benzene rings is 2. The van der Waals surface area contributed by atoms with Gasteiger partial charge in [0.2, 0.25) is 0 Å². The van der Waals surface area contributed by atoms with Gasteiger partial charge in [-0.05, 0) is 49.4 Å². The number of piperidine rings is 1. The minimum absolute atomic E-state index is 0.148. The molecule has 0 unspecified atom stereocenters. The van der Waals surface area contributed by atoms with Gasteiger partial charge in [0.25, 0.3) is 17.5 Å². The maximum absolute atomic E-state index is 13.1. The molecule has 1 aliphatic heterocycles. The van der Waals surface area contributed by atoms with E-state index in [0.29, 0.717) is 29.4 Å². The molecule has 2 amide bonds. The number of non-ortho nitro benzene ring substituents is 1. The monoisotopic (exact) mass is 458 g/mol. The molecule has 0 aliphatic carbocycles. The highest BCUT2D eigenvalue weighted by Crippen LogP contribution is 2.30. The fourth-order valence-electron chi connectivity index (χ4n) is 3.65. The van der Waals surface area contributed by atoms with Crippen molar-refractivity contribution in [1.29, 1.82) is 0 Å². The summed E-state index contributed by atoms with van der Waals surface area (Å²) >= 11 is 6.26. The van der Waals surface area contributed by atoms with Crippen molar-refractivity contribution < 1.29 is 14.5 Å². The van der Waals surface area contributed by atoms with E-state index >= 15 is 0 Å². The molecule has 0 aromatic heterocycles. The molecule has 1 saturated heterocycles. The van der Waals surface area contributed by atoms with Gasteiger partial charge >= 0.3 is 0 Å². The minimum atomic E-state index is -0.514. The summed E-state index contributed by atoms with van der Waals surface area (Å²) in [5, 5.41) is 17.0. The zero-order valence-electron chi connectivity index (χ0n) is 18.2. The van der Waals surface area contributed by atoms with Gasteiger partial charge in [-0.1, -0.05) is 25.4 Å². The van der Waals surface area contributed by atoms with Crippen LogP contribution < -0.4 is 15.5 Å². The van der Waals surface area contributed by atoms with Crippen LogP contribution in [0.3, 0.4) is 0 Å². The second-order valence-electron chi connectivity index (χ2n) is 8.03. The van der Waals surface area contributed by atoms with Crippen LogP contribution in [0, 0.1) is 16.0 Å². The molecular weight excluding hydrogens is 432 g/mol. The Balaban J connectivity index is 1.85. The van der Waals surface area contributed by atoms with Crippen LogP contribution in [0.5, 0.6) is 0 Å². The normalized spacial score (nSPS) is 14.2. The van der Waals surface area contributed by atoms with Gasteiger partial charge in [-0.3, -0.25) is 19.7 Å². The number of nitrogens with zero attached hydrogens (tertiary/aromatic N) is 2. The summed E-state index contributed by atoms with van der Waals surface area (Å²) in [6.45, 7) is 6.25. The summed E-state index contributed by atoms with van der Waals surface area (Å²) in [5.41, 5.74) is 1.47. The van der Waals surface area contributed by atoms with Crippen molar-refractivity contribution in [1.82, 2.24) is 5.32 Å². The van der Waals surface area contributed by atoms with E-state index in [1.165, 1.54) is 18.2 Å². The first-order valence-corrected chi connectivity index (χ1v) is 11.1. The van der Waals surface area contributed by atoms with Gasteiger partial charge in [-0.25, -0.2) is 0 Å². The van der Waals surface area contributed by atoms with Crippen molar-refractivity contribution in [2.45, 2.75) is 33.1 Å². The van der Waals surface area contributed by atoms with Gasteiger partial charge in [0.05, 0.1) is 26.8 Å². The van der Waals surface area contributed by atoms with Gasteiger partial charge in [0.15, 0.2) is 0 Å². The molecule has 0 spiro atoms. The molecular formula is C23H27ClN4O4. The van der Waals surface area contributed by atoms with E-state index in [0.717, 1.165) is 32.4 Å². The van der Waals surface area contributed by atoms with E-state index in [4.69, 9.17) is 11.6 Å². The molecule has 0 saturated carbocycles. The molecule has 0 bridgehead atoms. The SMILES string of the molecule is CCCNC(=O)c1ccc(NC(=O)c2cc([N+](=O)[O-])ccc2N2CCC(C)CC2)cc1Cl. The Bertz CT molecular complexity index is 1020. The number of amides is 2. The third kappa shape index (κ3) is 5.56. The topological polar surface area (TPSA) is 105 Å². The molecule has 1 fully saturated rings. The average molecular weight is 459 g/mol. The molecule has 170 valence electrons. The van der Waals surface area contributed by atoms with Crippen LogP contribution in [0.25, 0.3) is 0 Å². The third-order valence-electron chi connectivity index (χ3n) is 5.57. The van der Waals surface area contributed by atoms with Crippen molar-refractivity contribution in [3.05, 3.63) is 62.7 Å². The van der Waals surface area contributed by atoms with Crippen molar-refractivity contribution in [2.75, 3.05) is 29.9 Å². The Labute approximate surface area is 192 Å². The molecule has 1 aliphatic rings. The first-order valence-electron chi connectivity index (χ1n) is 10.7. The molecule has 9 heteroatoms. The number of nitrogens with one attached hydrogen (secondary N) is 2. The highest BCUT2D eigenvalue weighted by Gasteiger charge is 2.24. The maximum atomic E-state index is 13.1. The Morgan fingerprint density at radius 3 is 2.47 bits per heavy atom. The highest BCUT2D eigenvalue weighted by molar-refractivity contribution is 6.34. The standard InChI is InChI=1S/C23H27ClN4O4/c1-3-10-25-22(29)18-6-4-16(13-20(18)24)26-23(30)19-14-17(28(31)32)5-7-21(19)27-11-8-15(2)9-12-27/h4-7,13-15H,3,8-12H2,1-2H3,(H,25,29)(H,26,30). The molecule has 32 heavy (non-hydrogen) atoms. The van der Waals surface area contributed by atoms with Crippen LogP contribution in [-0.2, 0) is 0 Å². The number of nitro benzene ring substituents is 1. The van der Waals surface area contributed by atoms with E-state index < -0.39 is 10.8 Å². The van der Waals surface area contributed by atoms with Gasteiger partial charge in [0, 0.05) is 37.5 Å². The number of carbonyl (C=O) groups excluding carboxylic acids is 2. The fourth-order valence-corrected chi connectivity index (χ4v) is 3.92. The number of carbonyl (C=O) groups is 2. The van der Waals surface area contributed by atoms with Crippen molar-refractivity contribution in [3.63, 3.8) is 0 Å². The fraction of sp³-hybridized carbons (Fsp3) is 0.391. The van der Waals surface area contributed by atoms with Crippen LogP contribution in [0.1, 0.15) is 53.8 Å². The Kier molecular flexibility index (Phi) is 7.69. The summed E-state index contributed by atoms with van der Waals surface area (Å²) in [6, 6.07) is 8.99. The average Bonchev–Trinajstić information content (AvgIpc) is 2.77.